The number of hydrogen-bond acceptors (Lipinski definition) is 1. The Kier molecular flexibility index (Phi) is 5.01. The highest BCUT2D eigenvalue weighted by Gasteiger charge is 2.00. The zero-order valence-corrected chi connectivity index (χ0v) is 11.2. The molecule has 0 spiro atoms. The number of anilines is 1. The van der Waals surface area contributed by atoms with Gasteiger partial charge in [-0.2, -0.15) is 0 Å². The highest BCUT2D eigenvalue weighted by Crippen LogP contribution is 2.15. The van der Waals surface area contributed by atoms with E-state index in [0.29, 0.717) is 11.9 Å². The van der Waals surface area contributed by atoms with Crippen LogP contribution in [0.1, 0.15) is 31.9 Å². The van der Waals surface area contributed by atoms with Gasteiger partial charge >= 0.3 is 0 Å². The second kappa shape index (κ2) is 6.28. The zero-order valence-electron chi connectivity index (χ0n) is 11.2. The Morgan fingerprint density at radius 2 is 2.12 bits per heavy atom. The summed E-state index contributed by atoms with van der Waals surface area (Å²) >= 11 is 0. The van der Waals surface area contributed by atoms with E-state index in [1.165, 1.54) is 11.1 Å². The van der Waals surface area contributed by atoms with Crippen LogP contribution in [0.15, 0.2) is 23.2 Å². The van der Waals surface area contributed by atoms with E-state index in [4.69, 9.17) is 5.73 Å². The summed E-state index contributed by atoms with van der Waals surface area (Å²) in [6.45, 7) is 9.28. The van der Waals surface area contributed by atoms with Crippen molar-refractivity contribution >= 4 is 11.6 Å². The lowest BCUT2D eigenvalue weighted by Gasteiger charge is -2.09. The molecule has 94 valence electrons. The number of rotatable bonds is 4. The average Bonchev–Trinajstić information content (AvgIpc) is 2.29. The molecule has 0 aromatic heterocycles. The number of aryl methyl sites for hydroxylation is 2. The summed E-state index contributed by atoms with van der Waals surface area (Å²) in [5.74, 6) is 1.02. The van der Waals surface area contributed by atoms with E-state index in [1.807, 2.05) is 6.07 Å². The topological polar surface area (TPSA) is 50.4 Å². The molecule has 17 heavy (non-hydrogen) atoms. The van der Waals surface area contributed by atoms with Crippen molar-refractivity contribution < 1.29 is 0 Å². The summed E-state index contributed by atoms with van der Waals surface area (Å²) in [7, 11) is 0. The number of nitrogens with one attached hydrogen (secondary N) is 1. The predicted molar refractivity (Wildman–Crippen MR) is 75.5 cm³/mol. The molecule has 3 N–H and O–H groups in total. The largest absolute Gasteiger partial charge is 0.370 e. The Morgan fingerprint density at radius 1 is 1.41 bits per heavy atom. The molecule has 3 heteroatoms. The van der Waals surface area contributed by atoms with Crippen LogP contribution in [0.3, 0.4) is 0 Å². The van der Waals surface area contributed by atoms with Crippen LogP contribution in [0.25, 0.3) is 0 Å². The van der Waals surface area contributed by atoms with Crippen LogP contribution in [0.5, 0.6) is 0 Å². The first-order valence-electron chi connectivity index (χ1n) is 6.19. The number of aliphatic imine (C=N–C) groups is 1. The molecule has 0 aliphatic carbocycles. The molecule has 1 aromatic rings. The van der Waals surface area contributed by atoms with Crippen LogP contribution in [0, 0.1) is 12.8 Å². The maximum absolute atomic E-state index is 5.82. The maximum atomic E-state index is 5.82. The van der Waals surface area contributed by atoms with Crippen molar-refractivity contribution in [3.63, 3.8) is 0 Å². The van der Waals surface area contributed by atoms with Crippen molar-refractivity contribution in [1.29, 1.82) is 0 Å². The molecule has 0 bridgehead atoms. The Morgan fingerprint density at radius 3 is 2.71 bits per heavy atom. The molecule has 1 aromatic carbocycles. The first kappa shape index (κ1) is 13.6. The van der Waals surface area contributed by atoms with Crippen molar-refractivity contribution in [2.45, 2.75) is 34.1 Å². The Bertz CT molecular complexity index is 394. The van der Waals surface area contributed by atoms with E-state index in [2.05, 4.69) is 50.1 Å². The van der Waals surface area contributed by atoms with Gasteiger partial charge in [0.05, 0.1) is 0 Å². The molecule has 0 amide bonds. The second-order valence-electron chi connectivity index (χ2n) is 4.74. The van der Waals surface area contributed by atoms with Crippen molar-refractivity contribution in [2.24, 2.45) is 16.6 Å². The molecule has 0 fully saturated rings. The Hall–Kier alpha value is -1.51. The predicted octanol–water partition coefficient (Wildman–Crippen LogP) is 2.94. The van der Waals surface area contributed by atoms with E-state index < -0.39 is 0 Å². The molecule has 3 nitrogen and oxygen atoms in total. The van der Waals surface area contributed by atoms with Crippen LogP contribution < -0.4 is 11.1 Å². The van der Waals surface area contributed by atoms with Gasteiger partial charge in [-0.15, -0.1) is 0 Å². The molecule has 0 heterocycles. The number of guanidine groups is 1. The summed E-state index contributed by atoms with van der Waals surface area (Å²) in [5, 5.41) is 3.13. The Balaban J connectivity index is 2.71. The first-order valence-corrected chi connectivity index (χ1v) is 6.19. The van der Waals surface area contributed by atoms with Crippen molar-refractivity contribution in [1.82, 2.24) is 0 Å². The van der Waals surface area contributed by atoms with Gasteiger partial charge in [0.15, 0.2) is 5.96 Å². The molecule has 0 unspecified atom stereocenters. The molecule has 0 aliphatic heterocycles. The first-order chi connectivity index (χ1) is 8.02. The fraction of sp³-hybridized carbons (Fsp3) is 0.500. The second-order valence-corrected chi connectivity index (χ2v) is 4.74. The summed E-state index contributed by atoms with van der Waals surface area (Å²) < 4.78 is 0. The molecular formula is C14H23N3. The normalized spacial score (nSPS) is 11.9. The van der Waals surface area contributed by atoms with E-state index in [0.717, 1.165) is 18.7 Å². The monoisotopic (exact) mass is 233 g/mol. The minimum Gasteiger partial charge on any atom is -0.370 e. The molecule has 0 aliphatic rings. The highest BCUT2D eigenvalue weighted by atomic mass is 15.1. The van der Waals surface area contributed by atoms with Crippen molar-refractivity contribution in [2.75, 3.05) is 11.9 Å². The lowest BCUT2D eigenvalue weighted by molar-refractivity contribution is 0.665. The van der Waals surface area contributed by atoms with Gasteiger partial charge in [0.2, 0.25) is 0 Å². The zero-order chi connectivity index (χ0) is 12.8. The van der Waals surface area contributed by atoms with Crippen LogP contribution in [-0.2, 0) is 6.42 Å². The lowest BCUT2D eigenvalue weighted by atomic mass is 10.1. The SMILES string of the molecule is CCc1cc(NC(N)=NCC(C)C)ccc1C. The van der Waals surface area contributed by atoms with Crippen LogP contribution in [0.2, 0.25) is 0 Å². The summed E-state index contributed by atoms with van der Waals surface area (Å²) in [5.41, 5.74) is 9.49. The fourth-order valence-electron chi connectivity index (χ4n) is 1.60. The molecule has 0 saturated heterocycles. The standard InChI is InChI=1S/C14H23N3/c1-5-12-8-13(7-6-11(12)4)17-14(15)16-9-10(2)3/h6-8,10H,5,9H2,1-4H3,(H3,15,16,17). The number of benzene rings is 1. The molecular weight excluding hydrogens is 210 g/mol. The number of nitrogens with two attached hydrogens (primary N) is 1. The minimum absolute atomic E-state index is 0.490. The van der Waals surface area contributed by atoms with E-state index in [-0.39, 0.29) is 0 Å². The van der Waals surface area contributed by atoms with Crippen LogP contribution >= 0.6 is 0 Å². The van der Waals surface area contributed by atoms with E-state index >= 15 is 0 Å². The van der Waals surface area contributed by atoms with Crippen molar-refractivity contribution in [3.8, 4) is 0 Å². The van der Waals surface area contributed by atoms with Gasteiger partial charge in [-0.25, -0.2) is 0 Å². The Labute approximate surface area is 104 Å². The fourth-order valence-corrected chi connectivity index (χ4v) is 1.60. The van der Waals surface area contributed by atoms with Gasteiger partial charge < -0.3 is 11.1 Å². The maximum Gasteiger partial charge on any atom is 0.193 e. The quantitative estimate of drug-likeness (QED) is 0.620. The van der Waals surface area contributed by atoms with Gasteiger partial charge in [0.1, 0.15) is 0 Å². The smallest absolute Gasteiger partial charge is 0.193 e. The van der Waals surface area contributed by atoms with Gasteiger partial charge in [-0.05, 0) is 42.5 Å². The molecule has 0 atom stereocenters. The van der Waals surface area contributed by atoms with Crippen LogP contribution in [0.4, 0.5) is 5.69 Å². The highest BCUT2D eigenvalue weighted by molar-refractivity contribution is 5.92. The third kappa shape index (κ3) is 4.47. The van der Waals surface area contributed by atoms with Gasteiger partial charge in [-0.1, -0.05) is 26.8 Å². The number of nitrogens with zero attached hydrogens (tertiary/aromatic N) is 1. The molecule has 1 rings (SSSR count). The van der Waals surface area contributed by atoms with Crippen LogP contribution in [-0.4, -0.2) is 12.5 Å². The summed E-state index contributed by atoms with van der Waals surface area (Å²) in [4.78, 5) is 4.28. The van der Waals surface area contributed by atoms with Gasteiger partial charge in [0.25, 0.3) is 0 Å². The third-order valence-electron chi connectivity index (χ3n) is 2.63. The molecule has 0 saturated carbocycles. The summed E-state index contributed by atoms with van der Waals surface area (Å²) in [6, 6.07) is 6.27. The number of hydrogen-bond donors (Lipinski definition) is 2. The average molecular weight is 233 g/mol. The van der Waals surface area contributed by atoms with Crippen molar-refractivity contribution in [3.05, 3.63) is 29.3 Å². The summed E-state index contributed by atoms with van der Waals surface area (Å²) in [6.07, 6.45) is 1.03. The lowest BCUT2D eigenvalue weighted by Crippen LogP contribution is -2.23. The van der Waals surface area contributed by atoms with Gasteiger partial charge in [0, 0.05) is 12.2 Å². The molecule has 0 radical (unpaired) electrons. The minimum atomic E-state index is 0.490. The van der Waals surface area contributed by atoms with Gasteiger partial charge in [-0.3, -0.25) is 4.99 Å². The van der Waals surface area contributed by atoms with E-state index in [1.54, 1.807) is 0 Å². The van der Waals surface area contributed by atoms with E-state index in [9.17, 15) is 0 Å². The third-order valence-corrected chi connectivity index (χ3v) is 2.63.